The van der Waals surface area contributed by atoms with Crippen LogP contribution in [0.15, 0.2) is 0 Å². The Kier molecular flexibility index (Phi) is 6.28. The average molecular weight is 261 g/mol. The van der Waals surface area contributed by atoms with Crippen molar-refractivity contribution in [3.05, 3.63) is 0 Å². The quantitative estimate of drug-likeness (QED) is 0.340. The van der Waals surface area contributed by atoms with Crippen molar-refractivity contribution in [2.75, 3.05) is 14.1 Å². The number of hydrogen-bond acceptors (Lipinski definition) is 5. The smallest absolute Gasteiger partial charge is 0.272 e. The van der Waals surface area contributed by atoms with Crippen molar-refractivity contribution in [1.82, 2.24) is 15.7 Å². The maximum Gasteiger partial charge on any atom is 0.272 e. The summed E-state index contributed by atoms with van der Waals surface area (Å²) in [4.78, 5) is 35.4. The number of carbonyl (C=O) groups is 3. The van der Waals surface area contributed by atoms with E-state index in [1.807, 2.05) is 0 Å². The highest BCUT2D eigenvalue weighted by atomic mass is 16.5. The number of carbonyl (C=O) groups excluding carboxylic acids is 3. The highest BCUT2D eigenvalue weighted by molar-refractivity contribution is 5.91. The van der Waals surface area contributed by atoms with Gasteiger partial charge in [0.05, 0.1) is 5.92 Å². The van der Waals surface area contributed by atoms with Gasteiger partial charge in [-0.25, -0.2) is 5.48 Å². The maximum atomic E-state index is 11.6. The first kappa shape index (κ1) is 16.3. The second-order valence-corrected chi connectivity index (χ2v) is 4.17. The molecule has 0 spiro atoms. The van der Waals surface area contributed by atoms with Gasteiger partial charge in [0.1, 0.15) is 12.1 Å². The van der Waals surface area contributed by atoms with Crippen LogP contribution in [0.1, 0.15) is 13.8 Å². The summed E-state index contributed by atoms with van der Waals surface area (Å²) >= 11 is 0. The number of aliphatic hydroxyl groups is 1. The molecule has 0 aliphatic rings. The summed E-state index contributed by atoms with van der Waals surface area (Å²) in [5.74, 6) is -3.13. The van der Waals surface area contributed by atoms with Gasteiger partial charge in [-0.05, 0) is 6.92 Å². The number of aliphatic hydroxyl groups excluding tert-OH is 1. The number of rotatable bonds is 5. The van der Waals surface area contributed by atoms with Crippen molar-refractivity contribution in [2.24, 2.45) is 5.92 Å². The number of hydroxylamine groups is 1. The third-order valence-electron chi connectivity index (χ3n) is 2.44. The van der Waals surface area contributed by atoms with Gasteiger partial charge in [-0.1, -0.05) is 6.92 Å². The third kappa shape index (κ3) is 4.30. The van der Waals surface area contributed by atoms with E-state index in [1.165, 1.54) is 24.2 Å². The molecule has 18 heavy (non-hydrogen) atoms. The first-order chi connectivity index (χ1) is 8.22. The zero-order valence-corrected chi connectivity index (χ0v) is 10.8. The molecule has 0 aliphatic heterocycles. The lowest BCUT2D eigenvalue weighted by atomic mass is 10.0. The van der Waals surface area contributed by atoms with E-state index in [-0.39, 0.29) is 5.91 Å². The van der Waals surface area contributed by atoms with Crippen molar-refractivity contribution in [3.63, 3.8) is 0 Å². The van der Waals surface area contributed by atoms with E-state index in [0.717, 1.165) is 0 Å². The van der Waals surface area contributed by atoms with Crippen LogP contribution in [-0.4, -0.2) is 59.2 Å². The first-order valence-corrected chi connectivity index (χ1v) is 5.35. The molecular formula is C10H19N3O5. The third-order valence-corrected chi connectivity index (χ3v) is 2.44. The Bertz CT molecular complexity index is 331. The Morgan fingerprint density at radius 2 is 1.61 bits per heavy atom. The minimum Gasteiger partial charge on any atom is -0.382 e. The molecule has 0 saturated heterocycles. The first-order valence-electron chi connectivity index (χ1n) is 5.35. The Labute approximate surface area is 105 Å². The Balaban J connectivity index is 4.49. The zero-order valence-electron chi connectivity index (χ0n) is 10.8. The van der Waals surface area contributed by atoms with Crippen LogP contribution in [-0.2, 0) is 14.4 Å². The van der Waals surface area contributed by atoms with Crippen molar-refractivity contribution < 1.29 is 24.7 Å². The number of nitrogens with one attached hydrogen (secondary N) is 2. The molecule has 0 aromatic carbocycles. The normalized spacial score (nSPS) is 15.2. The molecule has 3 unspecified atom stereocenters. The number of likely N-dealkylation sites (N-methyl/N-ethyl adjacent to an activating group) is 1. The molecule has 0 aliphatic carbocycles. The number of hydrogen-bond donors (Lipinski definition) is 4. The van der Waals surface area contributed by atoms with E-state index in [2.05, 4.69) is 5.32 Å². The fourth-order valence-electron chi connectivity index (χ4n) is 1.23. The molecule has 4 N–H and O–H groups in total. The molecule has 3 amide bonds. The molecule has 0 radical (unpaired) electrons. The fraction of sp³-hybridized carbons (Fsp3) is 0.700. The lowest BCUT2D eigenvalue weighted by Gasteiger charge is -2.21. The molecule has 0 saturated carbocycles. The van der Waals surface area contributed by atoms with E-state index in [0.29, 0.717) is 0 Å². The average Bonchev–Trinajstić information content (AvgIpc) is 2.34. The highest BCUT2D eigenvalue weighted by Gasteiger charge is 2.29. The molecule has 0 aromatic heterocycles. The predicted molar refractivity (Wildman–Crippen MR) is 61.4 cm³/mol. The van der Waals surface area contributed by atoms with E-state index in [4.69, 9.17) is 5.21 Å². The van der Waals surface area contributed by atoms with E-state index in [1.54, 1.807) is 14.1 Å². The zero-order chi connectivity index (χ0) is 14.5. The topological polar surface area (TPSA) is 119 Å². The van der Waals surface area contributed by atoms with Gasteiger partial charge < -0.3 is 15.3 Å². The minimum absolute atomic E-state index is 0.309. The monoisotopic (exact) mass is 261 g/mol. The molecule has 3 atom stereocenters. The van der Waals surface area contributed by atoms with Crippen molar-refractivity contribution in [2.45, 2.75) is 26.0 Å². The van der Waals surface area contributed by atoms with Gasteiger partial charge >= 0.3 is 0 Å². The molecule has 0 heterocycles. The molecule has 8 nitrogen and oxygen atoms in total. The van der Waals surface area contributed by atoms with Crippen LogP contribution in [0.4, 0.5) is 0 Å². The molecular weight excluding hydrogens is 242 g/mol. The summed E-state index contributed by atoms with van der Waals surface area (Å²) < 4.78 is 0. The van der Waals surface area contributed by atoms with Crippen LogP contribution >= 0.6 is 0 Å². The largest absolute Gasteiger partial charge is 0.382 e. The van der Waals surface area contributed by atoms with Gasteiger partial charge in [0.25, 0.3) is 5.91 Å². The van der Waals surface area contributed by atoms with Crippen LogP contribution in [0.3, 0.4) is 0 Å². The second-order valence-electron chi connectivity index (χ2n) is 4.17. The number of nitrogens with zero attached hydrogens (tertiary/aromatic N) is 1. The SMILES string of the molecule is CC(NC(=O)C(C)C(O)C(=O)NO)C(=O)N(C)C. The molecule has 8 heteroatoms. The van der Waals surface area contributed by atoms with Crippen molar-refractivity contribution in [1.29, 1.82) is 0 Å². The van der Waals surface area contributed by atoms with Gasteiger partial charge in [0.15, 0.2) is 0 Å². The highest BCUT2D eigenvalue weighted by Crippen LogP contribution is 2.04. The Morgan fingerprint density at radius 1 is 1.11 bits per heavy atom. The van der Waals surface area contributed by atoms with Crippen molar-refractivity contribution in [3.8, 4) is 0 Å². The summed E-state index contributed by atoms with van der Waals surface area (Å²) in [6.45, 7) is 2.80. The summed E-state index contributed by atoms with van der Waals surface area (Å²) in [7, 11) is 3.09. The van der Waals surface area contributed by atoms with Gasteiger partial charge in [-0.2, -0.15) is 0 Å². The van der Waals surface area contributed by atoms with E-state index >= 15 is 0 Å². The van der Waals surface area contributed by atoms with Gasteiger partial charge in [-0.3, -0.25) is 19.6 Å². The molecule has 104 valence electrons. The summed E-state index contributed by atoms with van der Waals surface area (Å²) in [6, 6.07) is -0.765. The van der Waals surface area contributed by atoms with Crippen LogP contribution in [0.5, 0.6) is 0 Å². The maximum absolute atomic E-state index is 11.6. The van der Waals surface area contributed by atoms with Crippen LogP contribution in [0.25, 0.3) is 0 Å². The second kappa shape index (κ2) is 6.92. The minimum atomic E-state index is -1.68. The van der Waals surface area contributed by atoms with Crippen LogP contribution in [0, 0.1) is 5.92 Å². The summed E-state index contributed by atoms with van der Waals surface area (Å²) in [5.41, 5.74) is 1.25. The predicted octanol–water partition coefficient (Wildman–Crippen LogP) is -1.92. The van der Waals surface area contributed by atoms with E-state index in [9.17, 15) is 19.5 Å². The Morgan fingerprint density at radius 3 is 2.00 bits per heavy atom. The Hall–Kier alpha value is -1.67. The molecule has 0 fully saturated rings. The molecule has 0 rings (SSSR count). The van der Waals surface area contributed by atoms with E-state index < -0.39 is 29.9 Å². The van der Waals surface area contributed by atoms with Crippen LogP contribution in [0.2, 0.25) is 0 Å². The summed E-state index contributed by atoms with van der Waals surface area (Å²) in [5, 5.41) is 20.1. The van der Waals surface area contributed by atoms with Gasteiger partial charge in [-0.15, -0.1) is 0 Å². The fourth-order valence-corrected chi connectivity index (χ4v) is 1.23. The van der Waals surface area contributed by atoms with Crippen LogP contribution < -0.4 is 10.8 Å². The number of amides is 3. The molecule has 0 aromatic rings. The van der Waals surface area contributed by atoms with Gasteiger partial charge in [0.2, 0.25) is 11.8 Å². The summed E-state index contributed by atoms with van der Waals surface area (Å²) in [6.07, 6.45) is -1.68. The standard InChI is InChI=1S/C10H19N3O5/c1-5(7(14)9(16)12-18)8(15)11-6(2)10(17)13(3)4/h5-7,14,18H,1-4H3,(H,11,15)(H,12,16). The lowest BCUT2D eigenvalue weighted by Crippen LogP contribution is -2.49. The lowest BCUT2D eigenvalue weighted by molar-refractivity contribution is -0.146. The van der Waals surface area contributed by atoms with Gasteiger partial charge in [0, 0.05) is 14.1 Å². The molecule has 0 bridgehead atoms. The van der Waals surface area contributed by atoms with Crippen molar-refractivity contribution >= 4 is 17.7 Å².